The minimum atomic E-state index is -1.09. The van der Waals surface area contributed by atoms with E-state index in [2.05, 4.69) is 18.8 Å². The van der Waals surface area contributed by atoms with E-state index >= 15 is 0 Å². The molecule has 0 saturated carbocycles. The highest BCUT2D eigenvalue weighted by atomic mass is 16.9. The molecule has 3 aliphatic rings. The van der Waals surface area contributed by atoms with Crippen LogP contribution in [-0.2, 0) is 25.0 Å². The molecule has 0 aromatic heterocycles. The molecule has 1 aromatic rings. The van der Waals surface area contributed by atoms with E-state index in [1.165, 1.54) is 0 Å². The maximum atomic E-state index is 10.5. The number of carboxylic acid groups (broad SMARTS) is 1. The van der Waals surface area contributed by atoms with E-state index in [-0.39, 0.29) is 11.8 Å². The summed E-state index contributed by atoms with van der Waals surface area (Å²) in [5.74, 6) is 3.89. The van der Waals surface area contributed by atoms with Crippen molar-refractivity contribution >= 4 is 5.97 Å². The molecule has 0 radical (unpaired) electrons. The molecule has 0 spiro atoms. The molecule has 3 fully saturated rings. The summed E-state index contributed by atoms with van der Waals surface area (Å²) < 4.78 is 17.8. The molecule has 0 amide bonds. The minimum absolute atomic E-state index is 0.00788. The lowest BCUT2D eigenvalue weighted by molar-refractivity contribution is -0.480. The third kappa shape index (κ3) is 3.46. The molecule has 24 heavy (non-hydrogen) atoms. The molecular formula is C19H22O5. The zero-order valence-corrected chi connectivity index (χ0v) is 13.8. The quantitative estimate of drug-likeness (QED) is 0.841. The van der Waals surface area contributed by atoms with E-state index in [0.29, 0.717) is 26.2 Å². The number of rotatable bonds is 5. The Kier molecular flexibility index (Phi) is 4.91. The van der Waals surface area contributed by atoms with Crippen molar-refractivity contribution in [2.45, 2.75) is 38.6 Å². The molecular weight excluding hydrogens is 308 g/mol. The molecule has 0 unspecified atom stereocenters. The Morgan fingerprint density at radius 3 is 2.33 bits per heavy atom. The van der Waals surface area contributed by atoms with E-state index in [1.807, 2.05) is 24.3 Å². The summed E-state index contributed by atoms with van der Waals surface area (Å²) in [6.45, 7) is 4.11. The van der Waals surface area contributed by atoms with Crippen LogP contribution in [0.3, 0.4) is 0 Å². The topological polar surface area (TPSA) is 65.0 Å². The van der Waals surface area contributed by atoms with Crippen LogP contribution in [0.25, 0.3) is 0 Å². The second-order valence-electron chi connectivity index (χ2n) is 6.45. The van der Waals surface area contributed by atoms with Gasteiger partial charge in [-0.05, 0) is 30.7 Å². The predicted molar refractivity (Wildman–Crippen MR) is 87.1 cm³/mol. The van der Waals surface area contributed by atoms with Crippen LogP contribution in [0.15, 0.2) is 24.3 Å². The predicted octanol–water partition coefficient (Wildman–Crippen LogP) is 2.88. The number of ether oxygens (including phenoxy) is 3. The van der Waals surface area contributed by atoms with Crippen LogP contribution in [0, 0.1) is 17.3 Å². The fourth-order valence-electron chi connectivity index (χ4n) is 3.08. The average molecular weight is 330 g/mol. The fraction of sp³-hybridized carbons (Fsp3) is 0.526. The monoisotopic (exact) mass is 330 g/mol. The molecule has 5 heteroatoms. The lowest BCUT2D eigenvalue weighted by Gasteiger charge is -2.51. The van der Waals surface area contributed by atoms with E-state index < -0.39 is 11.9 Å². The normalized spacial score (nSPS) is 28.2. The first-order valence-corrected chi connectivity index (χ1v) is 8.31. The maximum absolute atomic E-state index is 10.5. The first kappa shape index (κ1) is 17.0. The van der Waals surface area contributed by atoms with Gasteiger partial charge in [-0.1, -0.05) is 25.2 Å². The molecule has 4 rings (SSSR count). The first-order chi connectivity index (χ1) is 11.6. The standard InChI is InChI=1S/C19H22O5/c1-2-11-18-12-22-19(23-13-18,24-14-18)16-9-7-15(8-10-16)5-3-4-6-17(20)21/h7-10H,2,4,6,11-14H2,1H3,(H,20,21). The van der Waals surface area contributed by atoms with E-state index in [0.717, 1.165) is 24.0 Å². The highest BCUT2D eigenvalue weighted by Gasteiger charge is 2.53. The Morgan fingerprint density at radius 2 is 1.79 bits per heavy atom. The minimum Gasteiger partial charge on any atom is -0.481 e. The Labute approximate surface area is 141 Å². The molecule has 5 nitrogen and oxygen atoms in total. The van der Waals surface area contributed by atoms with Gasteiger partial charge in [0.15, 0.2) is 0 Å². The van der Waals surface area contributed by atoms with Gasteiger partial charge in [-0.25, -0.2) is 0 Å². The Morgan fingerprint density at radius 1 is 1.17 bits per heavy atom. The van der Waals surface area contributed by atoms with Crippen molar-refractivity contribution in [3.05, 3.63) is 35.4 Å². The third-order valence-electron chi connectivity index (χ3n) is 4.42. The van der Waals surface area contributed by atoms with E-state index in [4.69, 9.17) is 19.3 Å². The number of fused-ring (bicyclic) bond motifs is 3. The highest BCUT2D eigenvalue weighted by Crippen LogP contribution is 2.46. The van der Waals surface area contributed by atoms with Crippen LogP contribution in [-0.4, -0.2) is 30.9 Å². The van der Waals surface area contributed by atoms with Gasteiger partial charge in [-0.3, -0.25) is 4.79 Å². The fourth-order valence-corrected chi connectivity index (χ4v) is 3.08. The summed E-state index contributed by atoms with van der Waals surface area (Å²) in [5.41, 5.74) is 1.64. The second kappa shape index (κ2) is 6.94. The average Bonchev–Trinajstić information content (AvgIpc) is 2.61. The molecule has 0 atom stereocenters. The van der Waals surface area contributed by atoms with Crippen LogP contribution in [0.5, 0.6) is 0 Å². The lowest BCUT2D eigenvalue weighted by atomic mass is 9.83. The summed E-state index contributed by atoms with van der Waals surface area (Å²) in [6, 6.07) is 7.52. The van der Waals surface area contributed by atoms with Crippen molar-refractivity contribution in [1.29, 1.82) is 0 Å². The molecule has 128 valence electrons. The Bertz CT molecular complexity index is 628. The number of carboxylic acids is 1. The number of carbonyl (C=O) groups is 1. The first-order valence-electron chi connectivity index (χ1n) is 8.31. The van der Waals surface area contributed by atoms with E-state index in [9.17, 15) is 4.79 Å². The summed E-state index contributed by atoms with van der Waals surface area (Å²) in [6.07, 6.45) is 2.52. The zero-order chi connectivity index (χ0) is 17.0. The molecule has 3 aliphatic heterocycles. The zero-order valence-electron chi connectivity index (χ0n) is 13.8. The summed E-state index contributed by atoms with van der Waals surface area (Å²) in [5, 5.41) is 8.59. The third-order valence-corrected chi connectivity index (χ3v) is 4.42. The van der Waals surface area contributed by atoms with Gasteiger partial charge in [0, 0.05) is 23.0 Å². The van der Waals surface area contributed by atoms with Crippen LogP contribution in [0.1, 0.15) is 43.7 Å². The Hall–Kier alpha value is -1.87. The van der Waals surface area contributed by atoms with Crippen LogP contribution in [0.2, 0.25) is 0 Å². The van der Waals surface area contributed by atoms with Crippen molar-refractivity contribution in [3.8, 4) is 11.8 Å². The van der Waals surface area contributed by atoms with Gasteiger partial charge in [-0.2, -0.15) is 0 Å². The number of hydrogen-bond donors (Lipinski definition) is 1. The van der Waals surface area contributed by atoms with Gasteiger partial charge >= 0.3 is 11.9 Å². The molecule has 1 N–H and O–H groups in total. The summed E-state index contributed by atoms with van der Waals surface area (Å²) in [7, 11) is 0. The number of aliphatic carboxylic acids is 1. The maximum Gasteiger partial charge on any atom is 0.312 e. The number of benzene rings is 1. The van der Waals surface area contributed by atoms with Gasteiger partial charge in [0.1, 0.15) is 0 Å². The smallest absolute Gasteiger partial charge is 0.312 e. The van der Waals surface area contributed by atoms with Crippen molar-refractivity contribution < 1.29 is 24.1 Å². The molecule has 3 saturated heterocycles. The van der Waals surface area contributed by atoms with Gasteiger partial charge in [0.25, 0.3) is 0 Å². The second-order valence-corrected chi connectivity index (χ2v) is 6.45. The summed E-state index contributed by atoms with van der Waals surface area (Å²) >= 11 is 0. The van der Waals surface area contributed by atoms with Crippen molar-refractivity contribution in [1.82, 2.24) is 0 Å². The largest absolute Gasteiger partial charge is 0.481 e. The van der Waals surface area contributed by atoms with Crippen molar-refractivity contribution in [2.24, 2.45) is 5.41 Å². The Balaban J connectivity index is 1.65. The van der Waals surface area contributed by atoms with Gasteiger partial charge < -0.3 is 19.3 Å². The van der Waals surface area contributed by atoms with Crippen LogP contribution >= 0.6 is 0 Å². The van der Waals surface area contributed by atoms with Gasteiger partial charge in [0.2, 0.25) is 0 Å². The molecule has 3 heterocycles. The van der Waals surface area contributed by atoms with Crippen LogP contribution in [0.4, 0.5) is 0 Å². The van der Waals surface area contributed by atoms with Crippen molar-refractivity contribution in [3.63, 3.8) is 0 Å². The highest BCUT2D eigenvalue weighted by molar-refractivity contribution is 5.67. The molecule has 0 aliphatic carbocycles. The van der Waals surface area contributed by atoms with Gasteiger partial charge in [-0.15, -0.1) is 0 Å². The summed E-state index contributed by atoms with van der Waals surface area (Å²) in [4.78, 5) is 10.5. The SMILES string of the molecule is CCCC12COC(c3ccc(C#CCCC(=O)O)cc3)(OC1)OC2. The molecule has 1 aromatic carbocycles. The molecule has 2 bridgehead atoms. The number of hydrogen-bond acceptors (Lipinski definition) is 4. The van der Waals surface area contributed by atoms with Crippen molar-refractivity contribution in [2.75, 3.05) is 19.8 Å². The van der Waals surface area contributed by atoms with Gasteiger partial charge in [0.05, 0.1) is 26.2 Å². The lowest BCUT2D eigenvalue weighted by Crippen LogP contribution is -2.58. The van der Waals surface area contributed by atoms with Crippen LogP contribution < -0.4 is 0 Å². The van der Waals surface area contributed by atoms with E-state index in [1.54, 1.807) is 0 Å².